The number of halogens is 3. The molecule has 100 valence electrons. The molecule has 19 heavy (non-hydrogen) atoms. The molecule has 1 aromatic heterocycles. The third-order valence-corrected chi connectivity index (χ3v) is 2.93. The number of rotatable bonds is 4. The Labute approximate surface area is 109 Å². The van der Waals surface area contributed by atoms with Gasteiger partial charge in [-0.1, -0.05) is 12.1 Å². The first-order chi connectivity index (χ1) is 9.13. The number of nitrogens with zero attached hydrogens (tertiary/aromatic N) is 1. The lowest BCUT2D eigenvalue weighted by Gasteiger charge is -2.17. The quantitative estimate of drug-likeness (QED) is 0.860. The first kappa shape index (κ1) is 13.5. The van der Waals surface area contributed by atoms with Crippen LogP contribution in [-0.4, -0.2) is 12.0 Å². The van der Waals surface area contributed by atoms with Crippen LogP contribution in [-0.2, 0) is 6.42 Å². The van der Waals surface area contributed by atoms with E-state index >= 15 is 0 Å². The second-order valence-electron chi connectivity index (χ2n) is 4.13. The van der Waals surface area contributed by atoms with Crippen LogP contribution >= 0.6 is 0 Å². The van der Waals surface area contributed by atoms with Crippen molar-refractivity contribution in [3.05, 3.63) is 65.2 Å². The van der Waals surface area contributed by atoms with Gasteiger partial charge >= 0.3 is 0 Å². The molecule has 0 radical (unpaired) electrons. The Morgan fingerprint density at radius 3 is 2.53 bits per heavy atom. The maximum atomic E-state index is 13.7. The third-order valence-electron chi connectivity index (χ3n) is 2.93. The molecule has 0 saturated heterocycles. The van der Waals surface area contributed by atoms with Gasteiger partial charge in [-0.15, -0.1) is 0 Å². The normalized spacial score (nSPS) is 12.4. The topological polar surface area (TPSA) is 24.9 Å². The minimum atomic E-state index is -1.45. The SMILES string of the molecule is CNC(Cc1ccccn1)c1ccc(F)c(F)c1F. The van der Waals surface area contributed by atoms with E-state index in [9.17, 15) is 13.2 Å². The number of aromatic nitrogens is 1. The second kappa shape index (κ2) is 5.84. The van der Waals surface area contributed by atoms with Crippen molar-refractivity contribution >= 4 is 0 Å². The van der Waals surface area contributed by atoms with Crippen molar-refractivity contribution < 1.29 is 13.2 Å². The Bertz CT molecular complexity index is 558. The van der Waals surface area contributed by atoms with E-state index in [0.717, 1.165) is 11.8 Å². The Morgan fingerprint density at radius 1 is 1.11 bits per heavy atom. The highest BCUT2D eigenvalue weighted by Crippen LogP contribution is 2.23. The second-order valence-corrected chi connectivity index (χ2v) is 4.13. The minimum absolute atomic E-state index is 0.0899. The van der Waals surface area contributed by atoms with E-state index < -0.39 is 23.5 Å². The van der Waals surface area contributed by atoms with Gasteiger partial charge < -0.3 is 5.32 Å². The van der Waals surface area contributed by atoms with Crippen LogP contribution in [0.3, 0.4) is 0 Å². The lowest BCUT2D eigenvalue weighted by Crippen LogP contribution is -2.21. The molecule has 2 aromatic rings. The summed E-state index contributed by atoms with van der Waals surface area (Å²) < 4.78 is 39.9. The number of benzene rings is 1. The zero-order valence-electron chi connectivity index (χ0n) is 10.3. The van der Waals surface area contributed by atoms with Gasteiger partial charge in [-0.05, 0) is 25.2 Å². The predicted octanol–water partition coefficient (Wildman–Crippen LogP) is 3.00. The summed E-state index contributed by atoms with van der Waals surface area (Å²) in [5.41, 5.74) is 0.832. The lowest BCUT2D eigenvalue weighted by molar-refractivity contribution is 0.428. The van der Waals surface area contributed by atoms with Gasteiger partial charge in [0.05, 0.1) is 0 Å². The highest BCUT2D eigenvalue weighted by molar-refractivity contribution is 5.25. The van der Waals surface area contributed by atoms with Crippen LogP contribution in [0.5, 0.6) is 0 Å². The van der Waals surface area contributed by atoms with Crippen LogP contribution in [0.15, 0.2) is 36.5 Å². The number of nitrogens with one attached hydrogen (secondary N) is 1. The molecule has 0 saturated carbocycles. The van der Waals surface area contributed by atoms with Crippen molar-refractivity contribution in [2.24, 2.45) is 0 Å². The van der Waals surface area contributed by atoms with Gasteiger partial charge in [-0.25, -0.2) is 13.2 Å². The largest absolute Gasteiger partial charge is 0.313 e. The van der Waals surface area contributed by atoms with Gasteiger partial charge in [-0.3, -0.25) is 4.98 Å². The van der Waals surface area contributed by atoms with E-state index in [1.807, 2.05) is 6.07 Å². The fraction of sp³-hybridized carbons (Fsp3) is 0.214. The molecule has 1 aromatic carbocycles. The van der Waals surface area contributed by atoms with E-state index in [2.05, 4.69) is 10.3 Å². The molecule has 0 aliphatic heterocycles. The van der Waals surface area contributed by atoms with Crippen LogP contribution in [0.2, 0.25) is 0 Å². The van der Waals surface area contributed by atoms with Gasteiger partial charge in [0, 0.05) is 29.9 Å². The Kier molecular flexibility index (Phi) is 4.16. The van der Waals surface area contributed by atoms with Crippen LogP contribution in [0.4, 0.5) is 13.2 Å². The molecule has 2 nitrogen and oxygen atoms in total. The fourth-order valence-corrected chi connectivity index (χ4v) is 1.91. The van der Waals surface area contributed by atoms with Gasteiger partial charge in [0.15, 0.2) is 17.5 Å². The smallest absolute Gasteiger partial charge is 0.194 e. The molecule has 0 aliphatic carbocycles. The van der Waals surface area contributed by atoms with E-state index in [1.54, 1.807) is 25.4 Å². The molecule has 5 heteroatoms. The number of pyridine rings is 1. The maximum Gasteiger partial charge on any atom is 0.194 e. The van der Waals surface area contributed by atoms with Crippen LogP contribution in [0, 0.1) is 17.5 Å². The fourth-order valence-electron chi connectivity index (χ4n) is 1.91. The summed E-state index contributed by atoms with van der Waals surface area (Å²) in [7, 11) is 1.63. The number of hydrogen-bond acceptors (Lipinski definition) is 2. The van der Waals surface area contributed by atoms with E-state index in [0.29, 0.717) is 6.42 Å². The molecule has 0 bridgehead atoms. The predicted molar refractivity (Wildman–Crippen MR) is 66.1 cm³/mol. The molecule has 2 rings (SSSR count). The van der Waals surface area contributed by atoms with Crippen molar-refractivity contribution in [3.8, 4) is 0 Å². The highest BCUT2D eigenvalue weighted by Gasteiger charge is 2.20. The zero-order valence-corrected chi connectivity index (χ0v) is 10.3. The van der Waals surface area contributed by atoms with E-state index in [4.69, 9.17) is 0 Å². The van der Waals surface area contributed by atoms with Crippen molar-refractivity contribution in [1.82, 2.24) is 10.3 Å². The molecule has 0 aliphatic rings. The average Bonchev–Trinajstić information content (AvgIpc) is 2.44. The maximum absolute atomic E-state index is 13.7. The monoisotopic (exact) mass is 266 g/mol. The number of likely N-dealkylation sites (N-methyl/N-ethyl adjacent to an activating group) is 1. The van der Waals surface area contributed by atoms with Gasteiger partial charge in [0.25, 0.3) is 0 Å². The Balaban J connectivity index is 2.30. The first-order valence-electron chi connectivity index (χ1n) is 5.84. The van der Waals surface area contributed by atoms with Crippen LogP contribution < -0.4 is 5.32 Å². The molecule has 0 spiro atoms. The van der Waals surface area contributed by atoms with Crippen molar-refractivity contribution in [2.45, 2.75) is 12.5 Å². The summed E-state index contributed by atoms with van der Waals surface area (Å²) in [6.07, 6.45) is 2.02. The summed E-state index contributed by atoms with van der Waals surface area (Å²) in [6.45, 7) is 0. The van der Waals surface area contributed by atoms with E-state index in [1.165, 1.54) is 6.07 Å². The molecule has 1 N–H and O–H groups in total. The zero-order chi connectivity index (χ0) is 13.8. The van der Waals surface area contributed by atoms with E-state index in [-0.39, 0.29) is 5.56 Å². The Morgan fingerprint density at radius 2 is 1.89 bits per heavy atom. The molecule has 0 amide bonds. The standard InChI is InChI=1S/C14H13F3N2/c1-18-12(8-9-4-2-3-7-19-9)10-5-6-11(15)14(17)13(10)16/h2-7,12,18H,8H2,1H3. The Hall–Kier alpha value is -1.88. The minimum Gasteiger partial charge on any atom is -0.313 e. The van der Waals surface area contributed by atoms with Crippen molar-refractivity contribution in [3.63, 3.8) is 0 Å². The molecule has 1 atom stereocenters. The first-order valence-corrected chi connectivity index (χ1v) is 5.84. The lowest BCUT2D eigenvalue weighted by atomic mass is 10.0. The molecule has 0 fully saturated rings. The molecule has 1 unspecified atom stereocenters. The summed E-state index contributed by atoms with van der Waals surface area (Å²) >= 11 is 0. The number of hydrogen-bond donors (Lipinski definition) is 1. The van der Waals surface area contributed by atoms with Gasteiger partial charge in [0.1, 0.15) is 0 Å². The summed E-state index contributed by atoms with van der Waals surface area (Å²) in [6, 6.07) is 7.09. The van der Waals surface area contributed by atoms with Crippen molar-refractivity contribution in [1.29, 1.82) is 0 Å². The van der Waals surface area contributed by atoms with Crippen LogP contribution in [0.25, 0.3) is 0 Å². The molecular formula is C14H13F3N2. The van der Waals surface area contributed by atoms with Gasteiger partial charge in [0.2, 0.25) is 0 Å². The third kappa shape index (κ3) is 2.93. The summed E-state index contributed by atoms with van der Waals surface area (Å²) in [5.74, 6) is -3.79. The van der Waals surface area contributed by atoms with Crippen LogP contribution in [0.1, 0.15) is 17.3 Å². The van der Waals surface area contributed by atoms with Gasteiger partial charge in [-0.2, -0.15) is 0 Å². The average molecular weight is 266 g/mol. The van der Waals surface area contributed by atoms with Crippen molar-refractivity contribution in [2.75, 3.05) is 7.05 Å². The molecular weight excluding hydrogens is 253 g/mol. The molecule has 1 heterocycles. The summed E-state index contributed by atoms with van der Waals surface area (Å²) in [5, 5.41) is 2.89. The highest BCUT2D eigenvalue weighted by atomic mass is 19.2. The summed E-state index contributed by atoms with van der Waals surface area (Å²) in [4.78, 5) is 4.13.